The summed E-state index contributed by atoms with van der Waals surface area (Å²) in [5.74, 6) is 0. The van der Waals surface area contributed by atoms with Gasteiger partial charge in [-0.3, -0.25) is 9.88 Å². The number of aryl methyl sites for hydroxylation is 1. The minimum Gasteiger partial charge on any atom is -0.288 e. The van der Waals surface area contributed by atoms with Crippen molar-refractivity contribution >= 4 is 5.57 Å². The number of pyridine rings is 1. The van der Waals surface area contributed by atoms with E-state index in [1.54, 1.807) is 0 Å². The van der Waals surface area contributed by atoms with E-state index in [1.165, 1.54) is 27.8 Å². The Kier molecular flexibility index (Phi) is 4.94. The van der Waals surface area contributed by atoms with Crippen molar-refractivity contribution in [2.75, 3.05) is 6.54 Å². The fourth-order valence-corrected chi connectivity index (χ4v) is 3.67. The zero-order valence-electron chi connectivity index (χ0n) is 15.2. The van der Waals surface area contributed by atoms with Crippen molar-refractivity contribution < 1.29 is 0 Å². The fourth-order valence-electron chi connectivity index (χ4n) is 3.67. The van der Waals surface area contributed by atoms with Gasteiger partial charge in [-0.25, -0.2) is 0 Å². The maximum atomic E-state index is 4.36. The molecular formula is C24H24N2. The minimum absolute atomic E-state index is 0.352. The second-order valence-electron chi connectivity index (χ2n) is 7.02. The third-order valence-corrected chi connectivity index (χ3v) is 5.15. The lowest BCUT2D eigenvalue weighted by Crippen LogP contribution is -2.32. The van der Waals surface area contributed by atoms with E-state index in [2.05, 4.69) is 83.5 Å². The molecule has 26 heavy (non-hydrogen) atoms. The summed E-state index contributed by atoms with van der Waals surface area (Å²) in [6, 6.07) is 24.2. The standard InChI is InChI=1S/C24H24N2/c1-19-9-11-20(12-10-19)18-26-15-13-22(21-6-3-2-4-7-21)16-24(26)23-8-5-14-25-17-23/h2-14,17,24H,15-16,18H2,1H3. The van der Waals surface area contributed by atoms with Crippen LogP contribution in [0.25, 0.3) is 5.57 Å². The second-order valence-corrected chi connectivity index (χ2v) is 7.02. The largest absolute Gasteiger partial charge is 0.288 e. The van der Waals surface area contributed by atoms with Crippen molar-refractivity contribution in [3.63, 3.8) is 0 Å². The van der Waals surface area contributed by atoms with Crippen LogP contribution < -0.4 is 0 Å². The van der Waals surface area contributed by atoms with Gasteiger partial charge in [0.05, 0.1) is 0 Å². The van der Waals surface area contributed by atoms with Crippen LogP contribution >= 0.6 is 0 Å². The Morgan fingerprint density at radius 1 is 0.962 bits per heavy atom. The Hall–Kier alpha value is -2.71. The Morgan fingerprint density at radius 2 is 1.77 bits per heavy atom. The first kappa shape index (κ1) is 16.7. The Morgan fingerprint density at radius 3 is 2.50 bits per heavy atom. The molecule has 0 saturated heterocycles. The van der Waals surface area contributed by atoms with Crippen LogP contribution in [-0.2, 0) is 6.54 Å². The molecule has 0 saturated carbocycles. The minimum atomic E-state index is 0.352. The number of aromatic nitrogens is 1. The lowest BCUT2D eigenvalue weighted by molar-refractivity contribution is 0.204. The van der Waals surface area contributed by atoms with Crippen LogP contribution in [0.2, 0.25) is 0 Å². The number of hydrogen-bond acceptors (Lipinski definition) is 2. The molecule has 0 N–H and O–H groups in total. The SMILES string of the molecule is Cc1ccc(CN2CC=C(c3ccccc3)CC2c2cccnc2)cc1. The first-order valence-corrected chi connectivity index (χ1v) is 9.23. The van der Waals surface area contributed by atoms with Gasteiger partial charge < -0.3 is 0 Å². The normalized spacial score (nSPS) is 17.7. The van der Waals surface area contributed by atoms with E-state index in [4.69, 9.17) is 0 Å². The molecule has 0 bridgehead atoms. The molecule has 1 unspecified atom stereocenters. The van der Waals surface area contributed by atoms with E-state index >= 15 is 0 Å². The van der Waals surface area contributed by atoms with Crippen molar-refractivity contribution in [3.05, 3.63) is 107 Å². The van der Waals surface area contributed by atoms with Crippen LogP contribution in [-0.4, -0.2) is 16.4 Å². The van der Waals surface area contributed by atoms with E-state index in [1.807, 2.05) is 18.5 Å². The fraction of sp³-hybridized carbons (Fsp3) is 0.208. The summed E-state index contributed by atoms with van der Waals surface area (Å²) >= 11 is 0. The molecule has 4 rings (SSSR count). The highest BCUT2D eigenvalue weighted by Gasteiger charge is 2.25. The molecule has 2 heteroatoms. The van der Waals surface area contributed by atoms with Gasteiger partial charge in [-0.05, 0) is 41.7 Å². The summed E-state index contributed by atoms with van der Waals surface area (Å²) in [6.45, 7) is 4.05. The molecule has 0 spiro atoms. The highest BCUT2D eigenvalue weighted by Crippen LogP contribution is 2.36. The maximum absolute atomic E-state index is 4.36. The molecular weight excluding hydrogens is 316 g/mol. The van der Waals surface area contributed by atoms with Gasteiger partial charge in [0.1, 0.15) is 0 Å². The average Bonchev–Trinajstić information content (AvgIpc) is 2.71. The second kappa shape index (κ2) is 7.67. The van der Waals surface area contributed by atoms with Crippen LogP contribution in [0.3, 0.4) is 0 Å². The topological polar surface area (TPSA) is 16.1 Å². The zero-order chi connectivity index (χ0) is 17.8. The van der Waals surface area contributed by atoms with Crippen molar-refractivity contribution in [1.29, 1.82) is 0 Å². The predicted molar refractivity (Wildman–Crippen MR) is 108 cm³/mol. The third-order valence-electron chi connectivity index (χ3n) is 5.15. The molecule has 1 aliphatic rings. The van der Waals surface area contributed by atoms with Gasteiger partial charge in [-0.1, -0.05) is 72.3 Å². The molecule has 3 aromatic rings. The average molecular weight is 340 g/mol. The molecule has 0 amide bonds. The lowest BCUT2D eigenvalue weighted by atomic mass is 9.90. The first-order valence-electron chi connectivity index (χ1n) is 9.23. The molecule has 2 nitrogen and oxygen atoms in total. The van der Waals surface area contributed by atoms with E-state index in [-0.39, 0.29) is 0 Å². The van der Waals surface area contributed by atoms with E-state index in [0.717, 1.165) is 19.5 Å². The molecule has 1 atom stereocenters. The number of benzene rings is 2. The quantitative estimate of drug-likeness (QED) is 0.630. The van der Waals surface area contributed by atoms with Crippen LogP contribution in [0, 0.1) is 6.92 Å². The molecule has 130 valence electrons. The molecule has 2 heterocycles. The third kappa shape index (κ3) is 3.76. The maximum Gasteiger partial charge on any atom is 0.0410 e. The molecule has 0 radical (unpaired) electrons. The van der Waals surface area contributed by atoms with Gasteiger partial charge in [0.2, 0.25) is 0 Å². The molecule has 2 aromatic carbocycles. The zero-order valence-corrected chi connectivity index (χ0v) is 15.2. The first-order chi connectivity index (χ1) is 12.8. The predicted octanol–water partition coefficient (Wildman–Crippen LogP) is 5.42. The highest BCUT2D eigenvalue weighted by atomic mass is 15.2. The smallest absolute Gasteiger partial charge is 0.0410 e. The summed E-state index contributed by atoms with van der Waals surface area (Å²) in [7, 11) is 0. The van der Waals surface area contributed by atoms with Crippen LogP contribution in [0.1, 0.15) is 34.7 Å². The summed E-state index contributed by atoms with van der Waals surface area (Å²) in [5.41, 5.74) is 6.72. The van der Waals surface area contributed by atoms with Crippen molar-refractivity contribution in [3.8, 4) is 0 Å². The van der Waals surface area contributed by atoms with Gasteiger partial charge in [-0.15, -0.1) is 0 Å². The number of nitrogens with zero attached hydrogens (tertiary/aromatic N) is 2. The molecule has 0 fully saturated rings. The summed E-state index contributed by atoms with van der Waals surface area (Å²) < 4.78 is 0. The molecule has 1 aromatic heterocycles. The number of rotatable bonds is 4. The van der Waals surface area contributed by atoms with Crippen molar-refractivity contribution in [1.82, 2.24) is 9.88 Å². The summed E-state index contributed by atoms with van der Waals surface area (Å²) in [5, 5.41) is 0. The summed E-state index contributed by atoms with van der Waals surface area (Å²) in [6.07, 6.45) is 7.27. The molecule has 1 aliphatic heterocycles. The van der Waals surface area contributed by atoms with E-state index in [0.29, 0.717) is 6.04 Å². The highest BCUT2D eigenvalue weighted by molar-refractivity contribution is 5.67. The van der Waals surface area contributed by atoms with Gasteiger partial charge in [0.15, 0.2) is 0 Å². The number of hydrogen-bond donors (Lipinski definition) is 0. The van der Waals surface area contributed by atoms with Crippen LogP contribution in [0.15, 0.2) is 85.2 Å². The van der Waals surface area contributed by atoms with E-state index in [9.17, 15) is 0 Å². The van der Waals surface area contributed by atoms with Crippen LogP contribution in [0.4, 0.5) is 0 Å². The van der Waals surface area contributed by atoms with Gasteiger partial charge >= 0.3 is 0 Å². The Balaban J connectivity index is 1.63. The van der Waals surface area contributed by atoms with Gasteiger partial charge in [0, 0.05) is 31.5 Å². The Labute approximate surface area is 155 Å². The van der Waals surface area contributed by atoms with Crippen LogP contribution in [0.5, 0.6) is 0 Å². The lowest BCUT2D eigenvalue weighted by Gasteiger charge is -2.35. The van der Waals surface area contributed by atoms with Gasteiger partial charge in [-0.2, -0.15) is 0 Å². The van der Waals surface area contributed by atoms with Crippen molar-refractivity contribution in [2.45, 2.75) is 25.9 Å². The monoisotopic (exact) mass is 340 g/mol. The van der Waals surface area contributed by atoms with E-state index < -0.39 is 0 Å². The molecule has 0 aliphatic carbocycles. The van der Waals surface area contributed by atoms with Crippen molar-refractivity contribution in [2.24, 2.45) is 0 Å². The summed E-state index contributed by atoms with van der Waals surface area (Å²) in [4.78, 5) is 6.91. The Bertz CT molecular complexity index is 867. The van der Waals surface area contributed by atoms with Gasteiger partial charge in [0.25, 0.3) is 0 Å².